The highest BCUT2D eigenvalue weighted by molar-refractivity contribution is 5.89. The Bertz CT molecular complexity index is 1470. The third-order valence-electron chi connectivity index (χ3n) is 7.20. The predicted molar refractivity (Wildman–Crippen MR) is 151 cm³/mol. The average Bonchev–Trinajstić information content (AvgIpc) is 3.68. The Hall–Kier alpha value is -4.51. The van der Waals surface area contributed by atoms with Gasteiger partial charge in [-0.25, -0.2) is 4.68 Å². The van der Waals surface area contributed by atoms with Gasteiger partial charge in [-0.05, 0) is 55.2 Å². The summed E-state index contributed by atoms with van der Waals surface area (Å²) in [5.41, 5.74) is 2.97. The van der Waals surface area contributed by atoms with Crippen molar-refractivity contribution in [1.29, 1.82) is 0 Å². The number of methoxy groups -OCH3 is 2. The molecule has 2 aromatic carbocycles. The molecule has 0 radical (unpaired) electrons. The SMILES string of the molecule is COc1ccc(CCN(C(=O)Cn2nnc3ccccc32)C(C(=O)NCC2CCCO2)c2cccnc2)cc1OC. The average molecular weight is 559 g/mol. The minimum absolute atomic E-state index is 0.0362. The van der Waals surface area contributed by atoms with Crippen molar-refractivity contribution < 1.29 is 23.8 Å². The summed E-state index contributed by atoms with van der Waals surface area (Å²) in [6, 6.07) is 15.7. The first kappa shape index (κ1) is 28.0. The van der Waals surface area contributed by atoms with Crippen molar-refractivity contribution in [2.75, 3.05) is 33.9 Å². The van der Waals surface area contributed by atoms with Crippen molar-refractivity contribution in [3.05, 3.63) is 78.1 Å². The molecule has 0 bridgehead atoms. The van der Waals surface area contributed by atoms with Crippen molar-refractivity contribution >= 4 is 22.8 Å². The van der Waals surface area contributed by atoms with Gasteiger partial charge in [0, 0.05) is 37.7 Å². The molecule has 1 aliphatic heterocycles. The van der Waals surface area contributed by atoms with Crippen LogP contribution >= 0.6 is 0 Å². The van der Waals surface area contributed by atoms with Crippen LogP contribution in [0.3, 0.4) is 0 Å². The summed E-state index contributed by atoms with van der Waals surface area (Å²) in [7, 11) is 3.16. The molecule has 1 fully saturated rings. The van der Waals surface area contributed by atoms with Gasteiger partial charge in [-0.3, -0.25) is 14.6 Å². The number of nitrogens with zero attached hydrogens (tertiary/aromatic N) is 5. The second kappa shape index (κ2) is 13.2. The maximum Gasteiger partial charge on any atom is 0.247 e. The van der Waals surface area contributed by atoms with Crippen LogP contribution in [0.25, 0.3) is 11.0 Å². The van der Waals surface area contributed by atoms with Gasteiger partial charge in [0.25, 0.3) is 0 Å². The second-order valence-electron chi connectivity index (χ2n) is 9.83. The maximum absolute atomic E-state index is 14.0. The Morgan fingerprint density at radius 1 is 1.12 bits per heavy atom. The number of nitrogens with one attached hydrogen (secondary N) is 1. The molecule has 0 aliphatic carbocycles. The number of rotatable bonds is 12. The maximum atomic E-state index is 14.0. The van der Waals surface area contributed by atoms with Crippen LogP contribution in [0.2, 0.25) is 0 Å². The zero-order chi connectivity index (χ0) is 28.6. The number of hydrogen-bond donors (Lipinski definition) is 1. The van der Waals surface area contributed by atoms with E-state index < -0.39 is 6.04 Å². The number of carbonyl (C=O) groups is 2. The van der Waals surface area contributed by atoms with Gasteiger partial charge >= 0.3 is 0 Å². The molecule has 5 rings (SSSR count). The number of pyridine rings is 1. The third-order valence-corrected chi connectivity index (χ3v) is 7.20. The van der Waals surface area contributed by atoms with Gasteiger partial charge in [0.1, 0.15) is 18.1 Å². The van der Waals surface area contributed by atoms with E-state index in [1.165, 1.54) is 0 Å². The molecular formula is C30H34N6O5. The van der Waals surface area contributed by atoms with Crippen molar-refractivity contribution in [1.82, 2.24) is 30.2 Å². The van der Waals surface area contributed by atoms with E-state index in [0.717, 1.165) is 23.9 Å². The van der Waals surface area contributed by atoms with E-state index in [0.29, 0.717) is 42.2 Å². The molecule has 2 unspecified atom stereocenters. The molecule has 2 aromatic heterocycles. The Labute approximate surface area is 238 Å². The number of ether oxygens (including phenoxy) is 3. The number of para-hydroxylation sites is 1. The van der Waals surface area contributed by atoms with Crippen LogP contribution in [0.4, 0.5) is 0 Å². The van der Waals surface area contributed by atoms with Crippen molar-refractivity contribution in [3.8, 4) is 11.5 Å². The number of benzene rings is 2. The highest BCUT2D eigenvalue weighted by Gasteiger charge is 2.32. The highest BCUT2D eigenvalue weighted by Crippen LogP contribution is 2.29. The monoisotopic (exact) mass is 558 g/mol. The van der Waals surface area contributed by atoms with Crippen LogP contribution in [-0.2, 0) is 27.3 Å². The quantitative estimate of drug-likeness (QED) is 0.282. The Balaban J connectivity index is 1.45. The molecule has 0 saturated carbocycles. The van der Waals surface area contributed by atoms with E-state index in [-0.39, 0.29) is 31.0 Å². The van der Waals surface area contributed by atoms with Crippen LogP contribution in [-0.4, -0.2) is 76.7 Å². The fraction of sp³-hybridized carbons (Fsp3) is 0.367. The zero-order valence-electron chi connectivity index (χ0n) is 23.2. The summed E-state index contributed by atoms with van der Waals surface area (Å²) in [6.07, 6.45) is 5.55. The van der Waals surface area contributed by atoms with Gasteiger partial charge in [0.2, 0.25) is 11.8 Å². The molecule has 41 heavy (non-hydrogen) atoms. The van der Waals surface area contributed by atoms with Gasteiger partial charge in [-0.1, -0.05) is 29.5 Å². The molecule has 0 spiro atoms. The zero-order valence-corrected chi connectivity index (χ0v) is 23.2. The molecule has 3 heterocycles. The van der Waals surface area contributed by atoms with E-state index >= 15 is 0 Å². The summed E-state index contributed by atoms with van der Waals surface area (Å²) in [4.78, 5) is 33.7. The van der Waals surface area contributed by atoms with Crippen molar-refractivity contribution in [2.45, 2.75) is 38.0 Å². The summed E-state index contributed by atoms with van der Waals surface area (Å²) < 4.78 is 18.1. The number of carbonyl (C=O) groups excluding carboxylic acids is 2. The van der Waals surface area contributed by atoms with Crippen LogP contribution in [0.15, 0.2) is 67.0 Å². The van der Waals surface area contributed by atoms with Gasteiger partial charge in [0.15, 0.2) is 11.5 Å². The number of amides is 2. The first-order chi connectivity index (χ1) is 20.1. The fourth-order valence-corrected chi connectivity index (χ4v) is 5.06. The number of fused-ring (bicyclic) bond motifs is 1. The minimum Gasteiger partial charge on any atom is -0.493 e. The Morgan fingerprint density at radius 3 is 2.73 bits per heavy atom. The second-order valence-corrected chi connectivity index (χ2v) is 9.83. The van der Waals surface area contributed by atoms with Gasteiger partial charge in [0.05, 0.1) is 25.8 Å². The Kier molecular flexibility index (Phi) is 9.05. The van der Waals surface area contributed by atoms with Crippen molar-refractivity contribution in [2.24, 2.45) is 0 Å². The number of hydrogen-bond acceptors (Lipinski definition) is 8. The lowest BCUT2D eigenvalue weighted by atomic mass is 10.0. The molecule has 1 N–H and O–H groups in total. The molecule has 1 saturated heterocycles. The third kappa shape index (κ3) is 6.63. The van der Waals surface area contributed by atoms with Crippen LogP contribution in [0.1, 0.15) is 30.0 Å². The summed E-state index contributed by atoms with van der Waals surface area (Å²) in [6.45, 7) is 1.24. The molecule has 4 aromatic rings. The Morgan fingerprint density at radius 2 is 1.98 bits per heavy atom. The first-order valence-electron chi connectivity index (χ1n) is 13.6. The fourth-order valence-electron chi connectivity index (χ4n) is 5.06. The van der Waals surface area contributed by atoms with Gasteiger partial charge in [-0.15, -0.1) is 5.10 Å². The van der Waals surface area contributed by atoms with Crippen LogP contribution in [0.5, 0.6) is 11.5 Å². The minimum atomic E-state index is -0.910. The summed E-state index contributed by atoms with van der Waals surface area (Å²) >= 11 is 0. The number of aromatic nitrogens is 4. The van der Waals surface area contributed by atoms with E-state index in [1.54, 1.807) is 42.3 Å². The molecule has 11 nitrogen and oxygen atoms in total. The van der Waals surface area contributed by atoms with E-state index in [9.17, 15) is 9.59 Å². The lowest BCUT2D eigenvalue weighted by Gasteiger charge is -2.31. The first-order valence-corrected chi connectivity index (χ1v) is 13.6. The molecule has 214 valence electrons. The lowest BCUT2D eigenvalue weighted by molar-refractivity contribution is -0.141. The molecule has 2 atom stereocenters. The lowest BCUT2D eigenvalue weighted by Crippen LogP contribution is -2.47. The highest BCUT2D eigenvalue weighted by atomic mass is 16.5. The van der Waals surface area contributed by atoms with Crippen LogP contribution in [0, 0.1) is 0 Å². The van der Waals surface area contributed by atoms with E-state index in [2.05, 4.69) is 20.6 Å². The molecule has 1 aliphatic rings. The summed E-state index contributed by atoms with van der Waals surface area (Å²) in [5.74, 6) is 0.638. The normalized spacial score (nSPS) is 15.4. The predicted octanol–water partition coefficient (Wildman–Crippen LogP) is 2.95. The van der Waals surface area contributed by atoms with Crippen LogP contribution < -0.4 is 14.8 Å². The summed E-state index contributed by atoms with van der Waals surface area (Å²) in [5, 5.41) is 11.4. The smallest absolute Gasteiger partial charge is 0.247 e. The molecule has 11 heteroatoms. The largest absolute Gasteiger partial charge is 0.493 e. The van der Waals surface area contributed by atoms with Gasteiger partial charge in [-0.2, -0.15) is 0 Å². The van der Waals surface area contributed by atoms with E-state index in [1.807, 2.05) is 48.5 Å². The molecule has 2 amide bonds. The van der Waals surface area contributed by atoms with Gasteiger partial charge < -0.3 is 24.4 Å². The topological polar surface area (TPSA) is 121 Å². The standard InChI is InChI=1S/C30H34N6O5/c1-39-26-12-11-21(17-27(26)40-2)13-15-35(28(37)20-36-25-10-4-3-9-24(25)33-34-36)29(22-7-5-14-31-18-22)30(38)32-19-23-8-6-16-41-23/h3-5,7,9-12,14,17-18,23,29H,6,8,13,15-16,19-20H2,1-2H3,(H,32,38). The van der Waals surface area contributed by atoms with Crippen molar-refractivity contribution in [3.63, 3.8) is 0 Å². The van der Waals surface area contributed by atoms with E-state index in [4.69, 9.17) is 14.2 Å². The molecular weight excluding hydrogens is 524 g/mol.